The van der Waals surface area contributed by atoms with Crippen molar-refractivity contribution >= 4 is 0 Å². The van der Waals surface area contributed by atoms with E-state index in [0.29, 0.717) is 19.4 Å². The standard InChI is InChI=1S/C58H94O26/c1-23(2)15-25-16-56(8,72)47-26-9-10-32-54(6)13-12-33(53(4,5)31(54)11-14-55(32,7)57(26)21-58(47,84-25)76-22-57)80-51-46(83-50-43(71)38(66)34(62)24(3)77-50)44(28(61)19-74-51)81-52-45(82-49-41(69)35(63)27(60)18-73-49)40(68)37(65)30(79-52)20-75-48-42(70)39(67)36(64)29(17-59)78-48/h15,24-52,59-72H,9-14,16-22H2,1-8H3. The van der Waals surface area contributed by atoms with Crippen molar-refractivity contribution in [1.82, 2.24) is 0 Å². The zero-order valence-corrected chi connectivity index (χ0v) is 49.2. The molecule has 11 aliphatic rings. The van der Waals surface area contributed by atoms with Crippen molar-refractivity contribution in [3.8, 4) is 0 Å². The maximum absolute atomic E-state index is 12.3. The molecule has 26 nitrogen and oxygen atoms in total. The van der Waals surface area contributed by atoms with Gasteiger partial charge in [-0.15, -0.1) is 0 Å². The predicted octanol–water partition coefficient (Wildman–Crippen LogP) is -2.72. The Kier molecular flexibility index (Phi) is 17.9. The minimum absolute atomic E-state index is 0.110. The van der Waals surface area contributed by atoms with Crippen LogP contribution in [0.3, 0.4) is 0 Å². The normalized spacial score (nSPS) is 57.1. The van der Waals surface area contributed by atoms with Crippen molar-refractivity contribution in [3.05, 3.63) is 11.6 Å². The highest BCUT2D eigenvalue weighted by atomic mass is 16.8. The highest BCUT2D eigenvalue weighted by Crippen LogP contribution is 2.80. The molecule has 0 radical (unpaired) electrons. The second kappa shape index (κ2) is 23.4. The molecule has 0 amide bonds. The first-order valence-corrected chi connectivity index (χ1v) is 30.3. The van der Waals surface area contributed by atoms with Crippen molar-refractivity contribution in [2.45, 2.75) is 272 Å². The third kappa shape index (κ3) is 10.5. The molecule has 84 heavy (non-hydrogen) atoms. The van der Waals surface area contributed by atoms with E-state index < -0.39 is 191 Å². The topological polar surface area (TPSA) is 394 Å². The van der Waals surface area contributed by atoms with Crippen LogP contribution in [0, 0.1) is 45.3 Å². The lowest BCUT2D eigenvalue weighted by Crippen LogP contribution is -2.68. The Hall–Kier alpha value is -1.30. The molecule has 0 aromatic rings. The molecule has 482 valence electrons. The van der Waals surface area contributed by atoms with Crippen molar-refractivity contribution in [2.75, 3.05) is 33.0 Å². The maximum atomic E-state index is 12.3. The Labute approximate surface area is 488 Å². The van der Waals surface area contributed by atoms with Crippen molar-refractivity contribution in [2.24, 2.45) is 45.3 Å². The number of hydrogen-bond donors (Lipinski definition) is 14. The SMILES string of the molecule is CC(C)=CC1CC(C)(O)C2C3CCC4C5(C)CCC(OC6OCC(O)C(OC7OC(COC8OC(CO)C(O)C(O)C8O)C(O)C(O)C7OC7OCC(O)C(O)C7O)C6OC6OC(C)C(O)C(O)C6O)C(C)(C)C5CCC4(C)C34COC2(C4)O1. The summed E-state index contributed by atoms with van der Waals surface area (Å²) in [5, 5.41) is 154. The largest absolute Gasteiger partial charge is 0.394 e. The number of aliphatic hydroxyl groups is 14. The Morgan fingerprint density at radius 3 is 1.93 bits per heavy atom. The molecule has 4 saturated carbocycles. The molecule has 14 N–H and O–H groups in total. The van der Waals surface area contributed by atoms with E-state index in [9.17, 15) is 71.5 Å². The molecular weight excluding hydrogens is 1110 g/mol. The monoisotopic (exact) mass is 1210 g/mol. The minimum atomic E-state index is -2.04. The van der Waals surface area contributed by atoms with Gasteiger partial charge in [0.25, 0.3) is 0 Å². The van der Waals surface area contributed by atoms with Crippen LogP contribution in [0.15, 0.2) is 11.6 Å². The molecule has 2 spiro atoms. The fraction of sp³-hybridized carbons (Fsp3) is 0.966. The fourth-order valence-corrected chi connectivity index (χ4v) is 18.3. The lowest BCUT2D eigenvalue weighted by Gasteiger charge is -2.70. The van der Waals surface area contributed by atoms with Gasteiger partial charge in [-0.3, -0.25) is 0 Å². The van der Waals surface area contributed by atoms with Gasteiger partial charge < -0.3 is 128 Å². The molecule has 7 heterocycles. The highest BCUT2D eigenvalue weighted by Gasteiger charge is 2.81. The summed E-state index contributed by atoms with van der Waals surface area (Å²) >= 11 is 0. The highest BCUT2D eigenvalue weighted by molar-refractivity contribution is 5.27. The van der Waals surface area contributed by atoms with Gasteiger partial charge in [-0.1, -0.05) is 39.3 Å². The fourth-order valence-electron chi connectivity index (χ4n) is 18.3. The molecule has 11 fully saturated rings. The Balaban J connectivity index is 0.870. The number of ether oxygens (including phenoxy) is 12. The molecule has 34 unspecified atom stereocenters. The van der Waals surface area contributed by atoms with Crippen molar-refractivity contribution in [1.29, 1.82) is 0 Å². The molecule has 4 aliphatic carbocycles. The van der Waals surface area contributed by atoms with Crippen LogP contribution in [0.2, 0.25) is 0 Å². The quantitative estimate of drug-likeness (QED) is 0.0658. The van der Waals surface area contributed by atoms with E-state index in [1.807, 2.05) is 20.8 Å². The lowest BCUT2D eigenvalue weighted by atomic mass is 9.35. The van der Waals surface area contributed by atoms with Crippen LogP contribution in [-0.2, 0) is 56.8 Å². The average Bonchev–Trinajstić information content (AvgIpc) is 1.44. The van der Waals surface area contributed by atoms with E-state index in [2.05, 4.69) is 33.8 Å². The zero-order chi connectivity index (χ0) is 60.7. The summed E-state index contributed by atoms with van der Waals surface area (Å²) in [6.45, 7) is 14.8. The van der Waals surface area contributed by atoms with Gasteiger partial charge in [-0.2, -0.15) is 0 Å². The van der Waals surface area contributed by atoms with E-state index in [-0.39, 0.29) is 46.0 Å². The van der Waals surface area contributed by atoms with E-state index in [4.69, 9.17) is 56.8 Å². The third-order valence-corrected chi connectivity index (χ3v) is 22.5. The van der Waals surface area contributed by atoms with Crippen LogP contribution < -0.4 is 0 Å². The third-order valence-electron chi connectivity index (χ3n) is 22.5. The van der Waals surface area contributed by atoms with Crippen LogP contribution in [0.5, 0.6) is 0 Å². The van der Waals surface area contributed by atoms with Gasteiger partial charge in [0, 0.05) is 24.2 Å². The summed E-state index contributed by atoms with van der Waals surface area (Å²) in [4.78, 5) is 0. The summed E-state index contributed by atoms with van der Waals surface area (Å²) in [5.41, 5.74) is -0.980. The summed E-state index contributed by atoms with van der Waals surface area (Å²) in [6.07, 6.45) is -31.8. The molecule has 7 aliphatic heterocycles. The Morgan fingerprint density at radius 2 is 1.21 bits per heavy atom. The maximum Gasteiger partial charge on any atom is 0.187 e. The summed E-state index contributed by atoms with van der Waals surface area (Å²) in [6, 6.07) is 0. The van der Waals surface area contributed by atoms with Crippen molar-refractivity contribution < 1.29 is 128 Å². The van der Waals surface area contributed by atoms with Gasteiger partial charge in [0.15, 0.2) is 37.2 Å². The molecular formula is C58H94O26. The van der Waals surface area contributed by atoms with Crippen LogP contribution in [-0.4, -0.2) is 269 Å². The molecule has 0 aromatic carbocycles. The Bertz CT molecular complexity index is 2330. The number of allylic oxidation sites excluding steroid dienone is 1. The molecule has 26 heteroatoms. The van der Waals surface area contributed by atoms with E-state index >= 15 is 0 Å². The minimum Gasteiger partial charge on any atom is -0.394 e. The second-order valence-electron chi connectivity index (χ2n) is 28.2. The van der Waals surface area contributed by atoms with Crippen LogP contribution in [0.1, 0.15) is 107 Å². The summed E-state index contributed by atoms with van der Waals surface area (Å²) in [7, 11) is 0. The van der Waals surface area contributed by atoms with E-state index in [1.165, 1.54) is 6.92 Å². The number of rotatable bonds is 13. The molecule has 34 atom stereocenters. The Morgan fingerprint density at radius 1 is 0.583 bits per heavy atom. The zero-order valence-electron chi connectivity index (χ0n) is 49.2. The van der Waals surface area contributed by atoms with Crippen molar-refractivity contribution in [3.63, 3.8) is 0 Å². The smallest absolute Gasteiger partial charge is 0.187 e. The number of hydrogen-bond acceptors (Lipinski definition) is 26. The van der Waals surface area contributed by atoms with E-state index in [0.717, 1.165) is 44.1 Å². The van der Waals surface area contributed by atoms with Crippen LogP contribution >= 0.6 is 0 Å². The van der Waals surface area contributed by atoms with Crippen LogP contribution in [0.4, 0.5) is 0 Å². The molecule has 2 bridgehead atoms. The number of aliphatic hydroxyl groups excluding tert-OH is 13. The predicted molar refractivity (Wildman–Crippen MR) is 283 cm³/mol. The molecule has 0 aromatic heterocycles. The molecule has 7 saturated heterocycles. The van der Waals surface area contributed by atoms with Gasteiger partial charge in [0.05, 0.1) is 56.9 Å². The lowest BCUT2D eigenvalue weighted by molar-refractivity contribution is -0.401. The first-order valence-electron chi connectivity index (χ1n) is 30.3. The van der Waals surface area contributed by atoms with Gasteiger partial charge in [0.2, 0.25) is 0 Å². The average molecular weight is 1210 g/mol. The first-order chi connectivity index (χ1) is 39.4. The van der Waals surface area contributed by atoms with Gasteiger partial charge in [0.1, 0.15) is 104 Å². The van der Waals surface area contributed by atoms with Crippen LogP contribution in [0.25, 0.3) is 0 Å². The first kappa shape index (κ1) is 64.2. The van der Waals surface area contributed by atoms with Gasteiger partial charge in [-0.05, 0) is 100 Å². The number of fused-ring (bicyclic) bond motifs is 4. The molecule has 11 rings (SSSR count). The van der Waals surface area contributed by atoms with Gasteiger partial charge in [-0.25, -0.2) is 0 Å². The second-order valence-corrected chi connectivity index (χ2v) is 28.2. The summed E-state index contributed by atoms with van der Waals surface area (Å²) < 4.78 is 75.5. The summed E-state index contributed by atoms with van der Waals surface area (Å²) in [5.74, 6) is -0.440. The van der Waals surface area contributed by atoms with E-state index in [1.54, 1.807) is 0 Å². The van der Waals surface area contributed by atoms with Gasteiger partial charge >= 0.3 is 0 Å².